The van der Waals surface area contributed by atoms with Crippen LogP contribution >= 0.6 is 0 Å². The minimum absolute atomic E-state index is 0.680. The Bertz CT molecular complexity index is 1220. The van der Waals surface area contributed by atoms with Gasteiger partial charge in [0.2, 0.25) is 0 Å². The molecule has 2 aromatic carbocycles. The third-order valence-corrected chi connectivity index (χ3v) is 4.55. The van der Waals surface area contributed by atoms with Gasteiger partial charge in [0, 0.05) is 34.2 Å². The van der Waals surface area contributed by atoms with Gasteiger partial charge >= 0.3 is 0 Å². The van der Waals surface area contributed by atoms with Gasteiger partial charge in [0.15, 0.2) is 0 Å². The standard InChI is InChI=1S/C20H14N4/c21-17-10-22-7-5-13(17)16-9-18-20(14-4-2-1-3-12(14)16)15-6-8-23-11-19(15)24-18/h1-11,24H,21H2. The van der Waals surface area contributed by atoms with Crippen molar-refractivity contribution in [1.82, 2.24) is 15.0 Å². The predicted molar refractivity (Wildman–Crippen MR) is 98.7 cm³/mol. The monoisotopic (exact) mass is 310 g/mol. The van der Waals surface area contributed by atoms with Crippen LogP contribution in [0.1, 0.15) is 0 Å². The smallest absolute Gasteiger partial charge is 0.0651 e. The number of nitrogen functional groups attached to an aromatic ring is 1. The number of nitrogens with two attached hydrogens (primary N) is 1. The summed E-state index contributed by atoms with van der Waals surface area (Å²) in [6.07, 6.45) is 7.17. The summed E-state index contributed by atoms with van der Waals surface area (Å²) < 4.78 is 0. The van der Waals surface area contributed by atoms with E-state index in [4.69, 9.17) is 5.73 Å². The molecule has 0 aliphatic heterocycles. The van der Waals surface area contributed by atoms with Crippen LogP contribution in [0, 0.1) is 0 Å². The normalized spacial score (nSPS) is 11.5. The minimum atomic E-state index is 0.680. The number of H-pyrrole nitrogens is 1. The molecule has 5 aromatic rings. The van der Waals surface area contributed by atoms with Gasteiger partial charge in [0.25, 0.3) is 0 Å². The molecule has 0 fully saturated rings. The van der Waals surface area contributed by atoms with Crippen molar-refractivity contribution < 1.29 is 0 Å². The Morgan fingerprint density at radius 3 is 2.42 bits per heavy atom. The molecule has 0 saturated heterocycles. The van der Waals surface area contributed by atoms with Crippen LogP contribution in [0.25, 0.3) is 43.7 Å². The molecule has 0 aliphatic rings. The van der Waals surface area contributed by atoms with Gasteiger partial charge in [-0.25, -0.2) is 0 Å². The second-order valence-electron chi connectivity index (χ2n) is 5.90. The molecule has 4 nitrogen and oxygen atoms in total. The van der Waals surface area contributed by atoms with E-state index in [-0.39, 0.29) is 0 Å². The highest BCUT2D eigenvalue weighted by atomic mass is 14.7. The van der Waals surface area contributed by atoms with E-state index in [1.807, 2.05) is 18.5 Å². The van der Waals surface area contributed by atoms with E-state index in [2.05, 4.69) is 51.4 Å². The van der Waals surface area contributed by atoms with Gasteiger partial charge in [-0.05, 0) is 34.5 Å². The van der Waals surface area contributed by atoms with Crippen molar-refractivity contribution in [3.05, 3.63) is 67.3 Å². The van der Waals surface area contributed by atoms with Crippen molar-refractivity contribution in [2.75, 3.05) is 5.73 Å². The topological polar surface area (TPSA) is 67.6 Å². The number of fused-ring (bicyclic) bond motifs is 5. The number of aromatic amines is 1. The zero-order valence-corrected chi connectivity index (χ0v) is 12.8. The van der Waals surface area contributed by atoms with E-state index in [0.717, 1.165) is 22.2 Å². The fourth-order valence-electron chi connectivity index (χ4n) is 3.50. The lowest BCUT2D eigenvalue weighted by Gasteiger charge is -2.10. The molecule has 0 amide bonds. The van der Waals surface area contributed by atoms with E-state index in [1.165, 1.54) is 21.5 Å². The maximum atomic E-state index is 6.18. The fourth-order valence-corrected chi connectivity index (χ4v) is 3.50. The van der Waals surface area contributed by atoms with Crippen molar-refractivity contribution in [3.63, 3.8) is 0 Å². The summed E-state index contributed by atoms with van der Waals surface area (Å²) in [4.78, 5) is 11.8. The van der Waals surface area contributed by atoms with E-state index in [1.54, 1.807) is 12.4 Å². The molecule has 0 radical (unpaired) electrons. The van der Waals surface area contributed by atoms with Gasteiger partial charge in [0.1, 0.15) is 0 Å². The number of pyridine rings is 2. The molecule has 0 atom stereocenters. The van der Waals surface area contributed by atoms with Gasteiger partial charge in [-0.15, -0.1) is 0 Å². The Hall–Kier alpha value is -3.40. The Morgan fingerprint density at radius 2 is 1.54 bits per heavy atom. The lowest BCUT2D eigenvalue weighted by atomic mass is 9.95. The average molecular weight is 310 g/mol. The lowest BCUT2D eigenvalue weighted by Crippen LogP contribution is -1.92. The van der Waals surface area contributed by atoms with Gasteiger partial charge in [-0.3, -0.25) is 9.97 Å². The highest BCUT2D eigenvalue weighted by Crippen LogP contribution is 2.39. The van der Waals surface area contributed by atoms with Crippen LogP contribution in [0.5, 0.6) is 0 Å². The van der Waals surface area contributed by atoms with Gasteiger partial charge in [-0.2, -0.15) is 0 Å². The zero-order chi connectivity index (χ0) is 16.1. The third-order valence-electron chi connectivity index (χ3n) is 4.55. The van der Waals surface area contributed by atoms with Crippen molar-refractivity contribution in [2.24, 2.45) is 0 Å². The largest absolute Gasteiger partial charge is 0.397 e. The molecule has 0 spiro atoms. The summed E-state index contributed by atoms with van der Waals surface area (Å²) in [5.41, 5.74) is 11.1. The van der Waals surface area contributed by atoms with Gasteiger partial charge in [-0.1, -0.05) is 24.3 Å². The van der Waals surface area contributed by atoms with Crippen molar-refractivity contribution >= 4 is 38.3 Å². The highest BCUT2D eigenvalue weighted by molar-refractivity contribution is 6.23. The number of hydrogen-bond acceptors (Lipinski definition) is 3. The molecule has 24 heavy (non-hydrogen) atoms. The Kier molecular flexibility index (Phi) is 2.61. The van der Waals surface area contributed by atoms with Crippen LogP contribution in [0.2, 0.25) is 0 Å². The first-order valence-corrected chi connectivity index (χ1v) is 7.80. The van der Waals surface area contributed by atoms with E-state index < -0.39 is 0 Å². The number of anilines is 1. The van der Waals surface area contributed by atoms with Crippen LogP contribution in [-0.2, 0) is 0 Å². The average Bonchev–Trinajstić information content (AvgIpc) is 3.00. The third kappa shape index (κ3) is 1.74. The first-order chi connectivity index (χ1) is 11.8. The number of nitrogens with zero attached hydrogens (tertiary/aromatic N) is 2. The summed E-state index contributed by atoms with van der Waals surface area (Å²) in [7, 11) is 0. The summed E-state index contributed by atoms with van der Waals surface area (Å²) in [5, 5.41) is 4.80. The van der Waals surface area contributed by atoms with Crippen LogP contribution < -0.4 is 5.73 Å². The fraction of sp³-hybridized carbons (Fsp3) is 0. The molecule has 0 unspecified atom stereocenters. The first kappa shape index (κ1) is 13.1. The number of benzene rings is 2. The van der Waals surface area contributed by atoms with Crippen molar-refractivity contribution in [1.29, 1.82) is 0 Å². The summed E-state index contributed by atoms with van der Waals surface area (Å²) in [6.45, 7) is 0. The molecule has 114 valence electrons. The van der Waals surface area contributed by atoms with Gasteiger partial charge in [0.05, 0.1) is 23.6 Å². The number of hydrogen-bond donors (Lipinski definition) is 2. The van der Waals surface area contributed by atoms with Crippen molar-refractivity contribution in [3.8, 4) is 11.1 Å². The predicted octanol–water partition coefficient (Wildman–Crippen LogP) is 4.51. The molecule has 0 bridgehead atoms. The summed E-state index contributed by atoms with van der Waals surface area (Å²) in [6, 6.07) is 14.6. The molecule has 4 heteroatoms. The van der Waals surface area contributed by atoms with Crippen LogP contribution in [0.4, 0.5) is 5.69 Å². The summed E-state index contributed by atoms with van der Waals surface area (Å²) in [5.74, 6) is 0. The van der Waals surface area contributed by atoms with E-state index >= 15 is 0 Å². The molecule has 0 saturated carbocycles. The molecule has 5 rings (SSSR count). The van der Waals surface area contributed by atoms with Crippen molar-refractivity contribution in [2.45, 2.75) is 0 Å². The van der Waals surface area contributed by atoms with Gasteiger partial charge < -0.3 is 10.7 Å². The van der Waals surface area contributed by atoms with E-state index in [0.29, 0.717) is 5.69 Å². The quantitative estimate of drug-likeness (QED) is 0.478. The van der Waals surface area contributed by atoms with Crippen LogP contribution in [-0.4, -0.2) is 15.0 Å². The molecule has 3 aromatic heterocycles. The maximum Gasteiger partial charge on any atom is 0.0651 e. The highest BCUT2D eigenvalue weighted by Gasteiger charge is 2.14. The Labute approximate surface area is 138 Å². The van der Waals surface area contributed by atoms with Crippen LogP contribution in [0.3, 0.4) is 0 Å². The second kappa shape index (κ2) is 4.80. The molecular formula is C20H14N4. The molecule has 0 aliphatic carbocycles. The number of rotatable bonds is 1. The second-order valence-corrected chi connectivity index (χ2v) is 5.90. The number of aromatic nitrogens is 3. The maximum absolute atomic E-state index is 6.18. The van der Waals surface area contributed by atoms with Crippen LogP contribution in [0.15, 0.2) is 67.3 Å². The lowest BCUT2D eigenvalue weighted by molar-refractivity contribution is 1.33. The Morgan fingerprint density at radius 1 is 0.750 bits per heavy atom. The molecular weight excluding hydrogens is 296 g/mol. The minimum Gasteiger partial charge on any atom is -0.397 e. The Balaban J connectivity index is 2.02. The number of nitrogens with one attached hydrogen (secondary N) is 1. The first-order valence-electron chi connectivity index (χ1n) is 7.80. The molecule has 3 N–H and O–H groups in total. The zero-order valence-electron chi connectivity index (χ0n) is 12.8. The van der Waals surface area contributed by atoms with E-state index in [9.17, 15) is 0 Å². The molecule has 3 heterocycles. The summed E-state index contributed by atoms with van der Waals surface area (Å²) >= 11 is 0. The SMILES string of the molecule is Nc1cnccc1-c1cc2[nH]c3cnccc3c2c2ccccc12.